The Hall–Kier alpha value is -1.84. The number of hydrogen-bond donors (Lipinski definition) is 0. The number of halogens is 4. The van der Waals surface area contributed by atoms with E-state index >= 15 is 4.39 Å². The maximum Gasteiger partial charge on any atom is 0.416 e. The van der Waals surface area contributed by atoms with Gasteiger partial charge in [0.15, 0.2) is 9.84 Å². The van der Waals surface area contributed by atoms with Gasteiger partial charge in [-0.05, 0) is 57.9 Å². The van der Waals surface area contributed by atoms with Gasteiger partial charge in [-0.2, -0.15) is 13.2 Å². The van der Waals surface area contributed by atoms with Gasteiger partial charge in [-0.15, -0.1) is 0 Å². The fourth-order valence-corrected chi connectivity index (χ4v) is 4.55. The van der Waals surface area contributed by atoms with Crippen molar-refractivity contribution >= 4 is 15.9 Å². The van der Waals surface area contributed by atoms with Crippen LogP contribution in [0.3, 0.4) is 0 Å². The number of rotatable bonds is 3. The van der Waals surface area contributed by atoms with E-state index in [1.54, 1.807) is 20.8 Å². The Kier molecular flexibility index (Phi) is 6.04. The summed E-state index contributed by atoms with van der Waals surface area (Å²) in [6, 6.07) is 2.85. The summed E-state index contributed by atoms with van der Waals surface area (Å²) < 4.78 is 84.0. The average molecular weight is 425 g/mol. The number of ether oxygens (including phenoxy) is 1. The van der Waals surface area contributed by atoms with Crippen molar-refractivity contribution in [2.45, 2.75) is 62.5 Å². The van der Waals surface area contributed by atoms with E-state index in [0.29, 0.717) is 25.0 Å². The van der Waals surface area contributed by atoms with Crippen LogP contribution in [0.2, 0.25) is 0 Å². The second-order valence-electron chi connectivity index (χ2n) is 7.79. The van der Waals surface area contributed by atoms with E-state index < -0.39 is 49.7 Å². The van der Waals surface area contributed by atoms with Gasteiger partial charge in [0.1, 0.15) is 11.4 Å². The van der Waals surface area contributed by atoms with Gasteiger partial charge in [-0.3, -0.25) is 4.90 Å². The van der Waals surface area contributed by atoms with E-state index in [0.717, 1.165) is 17.0 Å². The fraction of sp³-hybridized carbons (Fsp3) is 0.611. The minimum atomic E-state index is -4.61. The highest BCUT2D eigenvalue weighted by Crippen LogP contribution is 2.35. The van der Waals surface area contributed by atoms with Crippen LogP contribution in [0.1, 0.15) is 45.6 Å². The molecular weight excluding hydrogens is 402 g/mol. The second-order valence-corrected chi connectivity index (χ2v) is 9.78. The highest BCUT2D eigenvalue weighted by atomic mass is 32.2. The van der Waals surface area contributed by atoms with E-state index in [2.05, 4.69) is 0 Å². The van der Waals surface area contributed by atoms with Gasteiger partial charge in [-0.25, -0.2) is 17.6 Å². The number of amides is 1. The first-order valence-electron chi connectivity index (χ1n) is 8.74. The lowest BCUT2D eigenvalue weighted by molar-refractivity contribution is -0.137. The third-order valence-corrected chi connectivity index (χ3v) is 6.05. The van der Waals surface area contributed by atoms with Crippen molar-refractivity contribution in [3.8, 4) is 0 Å². The Labute approximate surface area is 161 Å². The molecular formula is C18H23F4NO4S. The number of benzene rings is 1. The molecule has 0 bridgehead atoms. The average Bonchev–Trinajstić information content (AvgIpc) is 2.52. The van der Waals surface area contributed by atoms with Gasteiger partial charge in [0.25, 0.3) is 0 Å². The quantitative estimate of drug-likeness (QED) is 0.526. The van der Waals surface area contributed by atoms with Crippen molar-refractivity contribution in [3.63, 3.8) is 0 Å². The van der Waals surface area contributed by atoms with Crippen LogP contribution < -0.4 is 0 Å². The van der Waals surface area contributed by atoms with E-state index in [1.807, 2.05) is 0 Å². The molecule has 1 aromatic rings. The summed E-state index contributed by atoms with van der Waals surface area (Å²) in [5.41, 5.74) is -1.89. The predicted octanol–water partition coefficient (Wildman–Crippen LogP) is 4.57. The third kappa shape index (κ3) is 5.36. The maximum absolute atomic E-state index is 15.6. The zero-order valence-corrected chi connectivity index (χ0v) is 16.7. The summed E-state index contributed by atoms with van der Waals surface area (Å²) in [5, 5.41) is 0. The lowest BCUT2D eigenvalue weighted by Crippen LogP contribution is -2.56. The number of carbonyl (C=O) groups excluding carboxylic acids is 1. The smallest absolute Gasteiger partial charge is 0.416 e. The van der Waals surface area contributed by atoms with Crippen LogP contribution in [0.25, 0.3) is 0 Å². The summed E-state index contributed by atoms with van der Waals surface area (Å²) >= 11 is 0. The Bertz CT molecular complexity index is 815. The minimum Gasteiger partial charge on any atom is -0.444 e. The predicted molar refractivity (Wildman–Crippen MR) is 94.1 cm³/mol. The Balaban J connectivity index is 2.27. The molecule has 1 heterocycles. The van der Waals surface area contributed by atoms with Crippen molar-refractivity contribution in [1.29, 1.82) is 0 Å². The molecule has 1 amide bonds. The van der Waals surface area contributed by atoms with Crippen LogP contribution >= 0.6 is 0 Å². The number of nitrogens with zero attached hydrogens (tertiary/aromatic N) is 1. The molecule has 1 aliphatic rings. The van der Waals surface area contributed by atoms with Crippen LogP contribution in [0, 0.1) is 0 Å². The zero-order valence-electron chi connectivity index (χ0n) is 15.8. The van der Waals surface area contributed by atoms with E-state index in [9.17, 15) is 26.4 Å². The molecule has 2 rings (SSSR count). The number of carbonyl (C=O) groups is 1. The number of sulfone groups is 1. The zero-order chi connectivity index (χ0) is 21.4. The molecule has 1 aromatic carbocycles. The summed E-state index contributed by atoms with van der Waals surface area (Å²) in [6.07, 6.45) is -4.91. The first-order valence-corrected chi connectivity index (χ1v) is 10.4. The van der Waals surface area contributed by atoms with Crippen molar-refractivity contribution in [3.05, 3.63) is 29.8 Å². The molecule has 1 atom stereocenters. The molecule has 1 aliphatic heterocycles. The highest BCUT2D eigenvalue weighted by Gasteiger charge is 2.47. The summed E-state index contributed by atoms with van der Waals surface area (Å²) in [6.45, 7) is 4.81. The summed E-state index contributed by atoms with van der Waals surface area (Å²) in [5.74, 6) is -3.55. The van der Waals surface area contributed by atoms with E-state index in [-0.39, 0.29) is 13.0 Å². The van der Waals surface area contributed by atoms with Gasteiger partial charge in [0.05, 0.1) is 10.5 Å². The molecule has 0 spiro atoms. The highest BCUT2D eigenvalue weighted by molar-refractivity contribution is 7.91. The SMILES string of the molecule is CC(C)(C)OC(=O)N1CCCCC1(F)CS(=O)(=O)c1ccc(C(F)(F)F)cc1. The van der Waals surface area contributed by atoms with Crippen molar-refractivity contribution in [1.82, 2.24) is 4.90 Å². The van der Waals surface area contributed by atoms with Crippen LogP contribution in [0.15, 0.2) is 29.2 Å². The maximum atomic E-state index is 15.6. The molecule has 10 heteroatoms. The lowest BCUT2D eigenvalue weighted by atomic mass is 10.0. The molecule has 5 nitrogen and oxygen atoms in total. The Morgan fingerprint density at radius 1 is 1.14 bits per heavy atom. The Morgan fingerprint density at radius 3 is 2.21 bits per heavy atom. The normalized spacial score (nSPS) is 21.5. The van der Waals surface area contributed by atoms with Gasteiger partial charge in [-0.1, -0.05) is 0 Å². The molecule has 0 N–H and O–H groups in total. The first-order chi connectivity index (χ1) is 12.6. The van der Waals surface area contributed by atoms with Gasteiger partial charge < -0.3 is 4.74 Å². The standard InChI is InChI=1S/C18H23F4NO4S/c1-16(2,3)27-15(24)23-11-5-4-10-17(23,19)12-28(25,26)14-8-6-13(7-9-14)18(20,21)22/h6-9H,4-5,10-12H2,1-3H3. The largest absolute Gasteiger partial charge is 0.444 e. The topological polar surface area (TPSA) is 63.7 Å². The lowest BCUT2D eigenvalue weighted by Gasteiger charge is -2.41. The number of alkyl halides is 4. The minimum absolute atomic E-state index is 0.00601. The number of likely N-dealkylation sites (tertiary alicyclic amines) is 1. The number of hydrogen-bond acceptors (Lipinski definition) is 4. The molecule has 1 unspecified atom stereocenters. The summed E-state index contributed by atoms with van der Waals surface area (Å²) in [4.78, 5) is 12.7. The monoisotopic (exact) mass is 425 g/mol. The van der Waals surface area contributed by atoms with E-state index in [4.69, 9.17) is 4.74 Å². The molecule has 1 fully saturated rings. The molecule has 0 aromatic heterocycles. The first kappa shape index (κ1) is 22.4. The molecule has 0 radical (unpaired) electrons. The summed E-state index contributed by atoms with van der Waals surface area (Å²) in [7, 11) is -4.28. The van der Waals surface area contributed by atoms with Crippen LogP contribution in [0.5, 0.6) is 0 Å². The van der Waals surface area contributed by atoms with Crippen LogP contribution in [0.4, 0.5) is 22.4 Å². The van der Waals surface area contributed by atoms with Crippen molar-refractivity contribution in [2.24, 2.45) is 0 Å². The van der Waals surface area contributed by atoms with Crippen LogP contribution in [-0.4, -0.2) is 43.1 Å². The fourth-order valence-electron chi connectivity index (χ4n) is 2.95. The second kappa shape index (κ2) is 7.53. The van der Waals surface area contributed by atoms with Gasteiger partial charge in [0, 0.05) is 13.0 Å². The van der Waals surface area contributed by atoms with Gasteiger partial charge in [0.2, 0.25) is 5.79 Å². The van der Waals surface area contributed by atoms with Crippen molar-refractivity contribution in [2.75, 3.05) is 12.3 Å². The Morgan fingerprint density at radius 2 is 1.71 bits per heavy atom. The molecule has 28 heavy (non-hydrogen) atoms. The third-order valence-electron chi connectivity index (χ3n) is 4.24. The molecule has 0 saturated carbocycles. The van der Waals surface area contributed by atoms with Crippen molar-refractivity contribution < 1.29 is 35.5 Å². The number of piperidine rings is 1. The molecule has 0 aliphatic carbocycles. The molecule has 1 saturated heterocycles. The van der Waals surface area contributed by atoms with E-state index in [1.165, 1.54) is 0 Å². The van der Waals surface area contributed by atoms with Crippen LogP contribution in [-0.2, 0) is 20.8 Å². The van der Waals surface area contributed by atoms with Gasteiger partial charge >= 0.3 is 12.3 Å². The molecule has 158 valence electrons.